The van der Waals surface area contributed by atoms with Crippen LogP contribution in [-0.2, 0) is 6.42 Å². The van der Waals surface area contributed by atoms with E-state index in [1.54, 1.807) is 0 Å². The van der Waals surface area contributed by atoms with E-state index in [9.17, 15) is 9.59 Å². The third kappa shape index (κ3) is 2.70. The molecule has 0 radical (unpaired) electrons. The van der Waals surface area contributed by atoms with Crippen LogP contribution in [0.5, 0.6) is 0 Å². The maximum atomic E-state index is 12.6. The highest BCUT2D eigenvalue weighted by molar-refractivity contribution is 6.22. The van der Waals surface area contributed by atoms with Gasteiger partial charge in [0, 0.05) is 12.0 Å². The van der Waals surface area contributed by atoms with Gasteiger partial charge in [0.05, 0.1) is 0 Å². The molecule has 0 saturated carbocycles. The zero-order valence-electron chi connectivity index (χ0n) is 12.3. The molecule has 1 N–H and O–H groups in total. The quantitative estimate of drug-likeness (QED) is 0.904. The van der Waals surface area contributed by atoms with Gasteiger partial charge in [0.2, 0.25) is 17.3 Å². The molecule has 2 heterocycles. The van der Waals surface area contributed by atoms with Crippen molar-refractivity contribution in [1.82, 2.24) is 10.3 Å². The Balaban J connectivity index is 1.89. The highest BCUT2D eigenvalue weighted by Crippen LogP contribution is 2.31. The predicted molar refractivity (Wildman–Crippen MR) is 77.5 cm³/mol. The van der Waals surface area contributed by atoms with Gasteiger partial charge in [-0.1, -0.05) is 13.3 Å². The van der Waals surface area contributed by atoms with E-state index in [2.05, 4.69) is 10.3 Å². The summed E-state index contributed by atoms with van der Waals surface area (Å²) in [5, 5.41) is 3.36. The van der Waals surface area contributed by atoms with E-state index >= 15 is 0 Å². The summed E-state index contributed by atoms with van der Waals surface area (Å²) in [6.07, 6.45) is 6.08. The number of fused-ring (bicyclic) bond motifs is 1. The maximum Gasteiger partial charge on any atom is 0.223 e. The summed E-state index contributed by atoms with van der Waals surface area (Å²) in [4.78, 5) is 29.0. The third-order valence-electron chi connectivity index (χ3n) is 4.23. The summed E-state index contributed by atoms with van der Waals surface area (Å²) in [5.74, 6) is 0.366. The van der Waals surface area contributed by atoms with Gasteiger partial charge in [0.1, 0.15) is 0 Å². The van der Waals surface area contributed by atoms with Crippen LogP contribution in [-0.4, -0.2) is 29.6 Å². The molecule has 1 aromatic heterocycles. The van der Waals surface area contributed by atoms with Crippen molar-refractivity contribution in [3.63, 3.8) is 0 Å². The highest BCUT2D eigenvalue weighted by atomic mass is 16.4. The first-order valence-corrected chi connectivity index (χ1v) is 7.71. The number of aryl methyl sites for hydroxylation is 1. The summed E-state index contributed by atoms with van der Waals surface area (Å²) < 4.78 is 5.38. The van der Waals surface area contributed by atoms with Gasteiger partial charge >= 0.3 is 0 Å². The van der Waals surface area contributed by atoms with Crippen molar-refractivity contribution in [3.8, 4) is 0 Å². The van der Waals surface area contributed by atoms with E-state index in [-0.39, 0.29) is 28.9 Å². The zero-order valence-corrected chi connectivity index (χ0v) is 12.3. The van der Waals surface area contributed by atoms with E-state index in [1.807, 2.05) is 6.92 Å². The Hall–Kier alpha value is -1.75. The first-order valence-electron chi connectivity index (χ1n) is 7.71. The first kappa shape index (κ1) is 14.2. The highest BCUT2D eigenvalue weighted by Gasteiger charge is 2.34. The minimum Gasteiger partial charge on any atom is -0.436 e. The first-order chi connectivity index (χ1) is 10.2. The lowest BCUT2D eigenvalue weighted by Crippen LogP contribution is -2.27. The smallest absolute Gasteiger partial charge is 0.223 e. The molecule has 1 aliphatic heterocycles. The molecular formula is C16H20N2O3. The SMILES string of the molecule is CCc1nc2c(o1)C(=O)C=C(C1CCCCNCC1)C2=O. The van der Waals surface area contributed by atoms with E-state index in [0.29, 0.717) is 17.9 Å². The Morgan fingerprint density at radius 2 is 2.14 bits per heavy atom. The minimum absolute atomic E-state index is 0.115. The molecule has 1 saturated heterocycles. The van der Waals surface area contributed by atoms with Crippen molar-refractivity contribution >= 4 is 11.6 Å². The van der Waals surface area contributed by atoms with Gasteiger partial charge in [-0.2, -0.15) is 0 Å². The molecule has 5 heteroatoms. The Morgan fingerprint density at radius 1 is 1.29 bits per heavy atom. The number of oxazole rings is 1. The second-order valence-electron chi connectivity index (χ2n) is 5.66. The number of nitrogens with zero attached hydrogens (tertiary/aromatic N) is 1. The lowest BCUT2D eigenvalue weighted by atomic mass is 9.83. The number of carbonyl (C=O) groups is 2. The van der Waals surface area contributed by atoms with Crippen LogP contribution in [0.15, 0.2) is 16.1 Å². The fraction of sp³-hybridized carbons (Fsp3) is 0.562. The third-order valence-corrected chi connectivity index (χ3v) is 4.23. The van der Waals surface area contributed by atoms with E-state index in [4.69, 9.17) is 4.42 Å². The van der Waals surface area contributed by atoms with Crippen molar-refractivity contribution in [3.05, 3.63) is 29.0 Å². The molecule has 112 valence electrons. The van der Waals surface area contributed by atoms with Crippen molar-refractivity contribution in [1.29, 1.82) is 0 Å². The standard InChI is InChI=1S/C16H20N2O3/c1-2-13-18-14-15(20)11(9-12(19)16(14)21-13)10-5-3-4-7-17-8-6-10/h9-10,17H,2-8H2,1H3. The second kappa shape index (κ2) is 5.93. The molecule has 0 bridgehead atoms. The Bertz CT molecular complexity index is 593. The van der Waals surface area contributed by atoms with Gasteiger partial charge in [-0.15, -0.1) is 0 Å². The molecule has 1 aliphatic carbocycles. The number of allylic oxidation sites excluding steroid dienone is 2. The van der Waals surface area contributed by atoms with Crippen LogP contribution >= 0.6 is 0 Å². The Labute approximate surface area is 123 Å². The van der Waals surface area contributed by atoms with Gasteiger partial charge < -0.3 is 9.73 Å². The number of hydrogen-bond acceptors (Lipinski definition) is 5. The molecule has 0 spiro atoms. The monoisotopic (exact) mass is 288 g/mol. The van der Waals surface area contributed by atoms with Crippen LogP contribution < -0.4 is 5.32 Å². The molecule has 3 rings (SSSR count). The van der Waals surface area contributed by atoms with Crippen LogP contribution in [0, 0.1) is 5.92 Å². The molecular weight excluding hydrogens is 268 g/mol. The van der Waals surface area contributed by atoms with Crippen molar-refractivity contribution in [2.75, 3.05) is 13.1 Å². The number of carbonyl (C=O) groups excluding carboxylic acids is 2. The minimum atomic E-state index is -0.221. The molecule has 1 atom stereocenters. The van der Waals surface area contributed by atoms with Crippen molar-refractivity contribution in [2.24, 2.45) is 5.92 Å². The predicted octanol–water partition coefficient (Wildman–Crippen LogP) is 2.32. The fourth-order valence-electron chi connectivity index (χ4n) is 3.05. The lowest BCUT2D eigenvalue weighted by molar-refractivity contribution is 0.0954. The molecule has 2 aliphatic rings. The second-order valence-corrected chi connectivity index (χ2v) is 5.66. The molecule has 1 unspecified atom stereocenters. The van der Waals surface area contributed by atoms with Crippen molar-refractivity contribution < 1.29 is 14.0 Å². The fourth-order valence-corrected chi connectivity index (χ4v) is 3.05. The number of hydrogen-bond donors (Lipinski definition) is 1. The number of ketones is 2. The number of nitrogens with one attached hydrogen (secondary N) is 1. The van der Waals surface area contributed by atoms with Gasteiger partial charge in [0.25, 0.3) is 0 Å². The van der Waals surface area contributed by atoms with E-state index in [0.717, 1.165) is 38.8 Å². The molecule has 1 fully saturated rings. The van der Waals surface area contributed by atoms with E-state index in [1.165, 1.54) is 6.08 Å². The summed E-state index contributed by atoms with van der Waals surface area (Å²) in [7, 11) is 0. The van der Waals surface area contributed by atoms with Crippen LogP contribution in [0.25, 0.3) is 0 Å². The maximum absolute atomic E-state index is 12.6. The summed E-state index contributed by atoms with van der Waals surface area (Å²) >= 11 is 0. The average Bonchev–Trinajstić information content (AvgIpc) is 2.88. The summed E-state index contributed by atoms with van der Waals surface area (Å²) in [6.45, 7) is 3.81. The molecule has 1 aromatic rings. The zero-order chi connectivity index (χ0) is 14.8. The van der Waals surface area contributed by atoms with Crippen LogP contribution in [0.1, 0.15) is 59.5 Å². The van der Waals surface area contributed by atoms with Crippen molar-refractivity contribution in [2.45, 2.75) is 39.0 Å². The van der Waals surface area contributed by atoms with Gasteiger partial charge in [0.15, 0.2) is 11.6 Å². The summed E-state index contributed by atoms with van der Waals surface area (Å²) in [5.41, 5.74) is 0.830. The van der Waals surface area contributed by atoms with E-state index < -0.39 is 0 Å². The van der Waals surface area contributed by atoms with Crippen LogP contribution in [0.3, 0.4) is 0 Å². The number of aromatic nitrogens is 1. The molecule has 5 nitrogen and oxygen atoms in total. The molecule has 0 aromatic carbocycles. The average molecular weight is 288 g/mol. The van der Waals surface area contributed by atoms with Crippen LogP contribution in [0.2, 0.25) is 0 Å². The largest absolute Gasteiger partial charge is 0.436 e. The summed E-state index contributed by atoms with van der Waals surface area (Å²) in [6, 6.07) is 0. The van der Waals surface area contributed by atoms with Gasteiger partial charge in [-0.05, 0) is 44.3 Å². The van der Waals surface area contributed by atoms with Crippen LogP contribution in [0.4, 0.5) is 0 Å². The number of rotatable bonds is 2. The normalized spacial score (nSPS) is 23.3. The van der Waals surface area contributed by atoms with Gasteiger partial charge in [-0.3, -0.25) is 9.59 Å². The number of Topliss-reactive ketones (excluding diaryl/α,β-unsaturated/α-hetero) is 1. The topological polar surface area (TPSA) is 72.2 Å². The Kier molecular flexibility index (Phi) is 4.01. The lowest BCUT2D eigenvalue weighted by Gasteiger charge is -2.23. The van der Waals surface area contributed by atoms with Gasteiger partial charge in [-0.25, -0.2) is 4.98 Å². The molecule has 0 amide bonds. The Morgan fingerprint density at radius 3 is 2.95 bits per heavy atom. The molecule has 21 heavy (non-hydrogen) atoms.